The molecule has 570 valence electrons. The number of para-hydroxylation sites is 1. The highest BCUT2D eigenvalue weighted by molar-refractivity contribution is 6.82. The van der Waals surface area contributed by atoms with Crippen molar-refractivity contribution in [3.63, 3.8) is 0 Å². The van der Waals surface area contributed by atoms with E-state index in [0.29, 0.717) is 17.1 Å². The van der Waals surface area contributed by atoms with Gasteiger partial charge in [0.1, 0.15) is 24.7 Å². The molecule has 0 aromatic heterocycles. The molecule has 0 N–H and O–H groups in total. The van der Waals surface area contributed by atoms with Crippen molar-refractivity contribution >= 4 is 38.6 Å². The Hall–Kier alpha value is -0.232. The SMILES string of the molecule is CC(C)(C)N(C(C)(C)C)[Si](C)(C)C1CCC2C3CCCCC3CCC21.CC(C)(C)N(c1ccccc1)[Si](C)(C)C1CCC2C3CCCCC3CCC21.CC(C)N(C(C)(C)C)[Si](C)(C)C1CCC2C3CCCCC3CCC21.CCN(C(C)(C)C)[Si](C)(C)C1CCC2C3CCCCC3CCC21. The second-order valence-corrected chi connectivity index (χ2v) is 63.0. The molecule has 13 rings (SSSR count). The molecule has 20 atom stereocenters. The number of benzene rings is 1. The normalized spacial score (nSPS) is 36.7. The van der Waals surface area contributed by atoms with Crippen LogP contribution in [0.25, 0.3) is 0 Å². The minimum atomic E-state index is -1.61. The summed E-state index contributed by atoms with van der Waals surface area (Å²) >= 11 is 0. The first-order chi connectivity index (χ1) is 46.1. The second kappa shape index (κ2) is 31.8. The molecule has 0 radical (unpaired) electrons. The molecule has 1 aromatic carbocycles. The quantitative estimate of drug-likeness (QED) is 0.205. The minimum absolute atomic E-state index is 0.192. The van der Waals surface area contributed by atoms with Gasteiger partial charge in [0.15, 0.2) is 8.24 Å². The molecule has 12 aliphatic rings. The topological polar surface area (TPSA) is 13.0 Å². The molecule has 0 heterocycles. The molecule has 12 aliphatic carbocycles. The summed E-state index contributed by atoms with van der Waals surface area (Å²) in [5, 5.41) is 0. The van der Waals surface area contributed by atoms with Gasteiger partial charge in [-0.25, -0.2) is 0 Å². The van der Waals surface area contributed by atoms with E-state index in [9.17, 15) is 0 Å². The fourth-order valence-electron chi connectivity index (χ4n) is 31.6. The van der Waals surface area contributed by atoms with E-state index in [2.05, 4.69) is 226 Å². The van der Waals surface area contributed by atoms with Gasteiger partial charge in [-0.3, -0.25) is 0 Å². The van der Waals surface area contributed by atoms with Crippen LogP contribution in [0.4, 0.5) is 5.69 Å². The van der Waals surface area contributed by atoms with Crippen LogP contribution in [0.5, 0.6) is 0 Å². The molecule has 4 nitrogen and oxygen atoms in total. The number of rotatable bonds is 11. The van der Waals surface area contributed by atoms with E-state index in [0.717, 1.165) is 117 Å². The Kier molecular flexibility index (Phi) is 26.1. The number of hydrogen-bond donors (Lipinski definition) is 0. The smallest absolute Gasteiger partial charge is 0.154 e. The number of nitrogens with zero attached hydrogens (tertiary/aromatic N) is 4. The van der Waals surface area contributed by atoms with Crippen molar-refractivity contribution in [1.29, 1.82) is 0 Å². The summed E-state index contributed by atoms with van der Waals surface area (Å²) in [5.41, 5.74) is 6.90. The summed E-state index contributed by atoms with van der Waals surface area (Å²) in [4.78, 5) is 0. The van der Waals surface area contributed by atoms with Gasteiger partial charge in [-0.05, 0) is 348 Å². The lowest BCUT2D eigenvalue weighted by atomic mass is 9.62. The second-order valence-electron chi connectivity index (χ2n) is 44.9. The third-order valence-electron chi connectivity index (χ3n) is 32.6. The van der Waals surface area contributed by atoms with E-state index < -0.39 is 32.9 Å². The highest BCUT2D eigenvalue weighted by Gasteiger charge is 2.60. The summed E-state index contributed by atoms with van der Waals surface area (Å²) in [5.74, 6) is 17.3. The first-order valence-corrected chi connectivity index (χ1v) is 56.5. The maximum Gasteiger partial charge on any atom is 0.154 e. The number of fused-ring (bicyclic) bond motifs is 12. The van der Waals surface area contributed by atoms with Gasteiger partial charge < -0.3 is 18.3 Å². The summed E-state index contributed by atoms with van der Waals surface area (Å²) in [7, 11) is -5.91. The molecule has 12 saturated carbocycles. The molecule has 12 fully saturated rings. The predicted molar refractivity (Wildman–Crippen MR) is 447 cm³/mol. The predicted octanol–water partition coefficient (Wildman–Crippen LogP) is 27.6. The molecule has 0 aliphatic heterocycles. The highest BCUT2D eigenvalue weighted by Crippen LogP contribution is 2.65. The van der Waals surface area contributed by atoms with Gasteiger partial charge in [0.05, 0.1) is 0 Å². The van der Waals surface area contributed by atoms with Gasteiger partial charge in [-0.1, -0.05) is 194 Å². The third kappa shape index (κ3) is 17.3. The maximum atomic E-state index is 2.99. The standard InChI is InChI=1S/C25H41NSi.C23H45NSi.C22H43NSi.C21H41NSi/c1-25(2,3)26(20-12-7-6-8-13-20)27(4,5)24-18-17-22-21-14-10-9-11-19(21)15-16-23(22)24;1-22(2,3)24(23(4,5)6)25(7,8)21-16-15-19-18-12-10-9-11-17(18)13-14-20(19)21;1-16(2)23(22(3,4)5)24(6,7)21-15-14-19-18-11-9-8-10-17(18)12-13-20(19)21;1-7-22(21(2,3)4)23(5,6)20-15-14-18-17-11-9-8-10-16(17)12-13-19(18)20/h6-8,12-13,19,21-24H,9-11,14-18H2,1-5H3;17-21H,9-16H2,1-8H3;16-21H,8-15H2,1-7H3;16-20H,7-15H2,1-6H3. The summed E-state index contributed by atoms with van der Waals surface area (Å²) in [6.45, 7) is 66.8. The van der Waals surface area contributed by atoms with Crippen molar-refractivity contribution < 1.29 is 0 Å². The van der Waals surface area contributed by atoms with Crippen LogP contribution in [-0.4, -0.2) is 86.9 Å². The average molecular weight is 1430 g/mol. The Morgan fingerprint density at radius 3 is 0.879 bits per heavy atom. The van der Waals surface area contributed by atoms with Crippen LogP contribution < -0.4 is 4.57 Å². The molecule has 0 spiro atoms. The Morgan fingerprint density at radius 2 is 0.596 bits per heavy atom. The van der Waals surface area contributed by atoms with Crippen LogP contribution >= 0.6 is 0 Å². The molecule has 0 amide bonds. The Labute approximate surface area is 622 Å². The Balaban J connectivity index is 0.000000143. The van der Waals surface area contributed by atoms with Crippen LogP contribution in [0.1, 0.15) is 330 Å². The minimum Gasteiger partial charge on any atom is -0.393 e. The fourth-order valence-corrected chi connectivity index (χ4v) is 54.0. The van der Waals surface area contributed by atoms with Gasteiger partial charge in [0, 0.05) is 33.4 Å². The summed E-state index contributed by atoms with van der Waals surface area (Å²) in [6.07, 6.45) is 49.3. The number of hydrogen-bond acceptors (Lipinski definition) is 4. The van der Waals surface area contributed by atoms with Gasteiger partial charge in [0.2, 0.25) is 0 Å². The lowest BCUT2D eigenvalue weighted by Gasteiger charge is -2.57. The lowest BCUT2D eigenvalue weighted by Crippen LogP contribution is -2.67. The Morgan fingerprint density at radius 1 is 0.303 bits per heavy atom. The Bertz CT molecular complexity index is 2650. The van der Waals surface area contributed by atoms with E-state index in [1.54, 1.807) is 109 Å². The van der Waals surface area contributed by atoms with Crippen LogP contribution in [0.2, 0.25) is 74.5 Å². The third-order valence-corrected chi connectivity index (χ3v) is 52.1. The average Bonchev–Trinajstić information content (AvgIpc) is 1.56. The van der Waals surface area contributed by atoms with Crippen molar-refractivity contribution in [1.82, 2.24) is 13.7 Å². The summed E-state index contributed by atoms with van der Waals surface area (Å²) < 4.78 is 11.8. The van der Waals surface area contributed by atoms with E-state index >= 15 is 0 Å². The van der Waals surface area contributed by atoms with E-state index in [1.807, 2.05) is 0 Å². The first-order valence-electron chi connectivity index (χ1n) is 44.4. The largest absolute Gasteiger partial charge is 0.393 e. The van der Waals surface area contributed by atoms with Crippen LogP contribution in [0.3, 0.4) is 0 Å². The van der Waals surface area contributed by atoms with Crippen molar-refractivity contribution in [3.05, 3.63) is 30.3 Å². The van der Waals surface area contributed by atoms with Crippen molar-refractivity contribution in [2.45, 2.75) is 438 Å². The molecular weight excluding hydrogens is 1260 g/mol. The molecular formula is C91H170N4Si4. The zero-order valence-electron chi connectivity index (χ0n) is 71.1. The van der Waals surface area contributed by atoms with Crippen molar-refractivity contribution in [2.24, 2.45) is 94.7 Å². The lowest BCUT2D eigenvalue weighted by molar-refractivity contribution is 0.0681. The van der Waals surface area contributed by atoms with Gasteiger partial charge >= 0.3 is 0 Å². The highest BCUT2D eigenvalue weighted by atomic mass is 28.3. The van der Waals surface area contributed by atoms with Crippen LogP contribution in [0.15, 0.2) is 30.3 Å². The molecule has 1 aromatic rings. The molecule has 0 bridgehead atoms. The monoisotopic (exact) mass is 1430 g/mol. The van der Waals surface area contributed by atoms with Crippen molar-refractivity contribution in [2.75, 3.05) is 11.1 Å². The fraction of sp³-hybridized carbons (Fsp3) is 0.934. The van der Waals surface area contributed by atoms with E-state index in [-0.39, 0.29) is 16.6 Å². The zero-order valence-corrected chi connectivity index (χ0v) is 75.1. The molecule has 20 unspecified atom stereocenters. The van der Waals surface area contributed by atoms with E-state index in [1.165, 1.54) is 109 Å². The first kappa shape index (κ1) is 81.3. The molecule has 0 saturated heterocycles. The van der Waals surface area contributed by atoms with Crippen LogP contribution in [0, 0.1) is 94.7 Å². The van der Waals surface area contributed by atoms with E-state index in [4.69, 9.17) is 0 Å². The zero-order chi connectivity index (χ0) is 72.4. The van der Waals surface area contributed by atoms with Gasteiger partial charge in [0.25, 0.3) is 0 Å². The molecule has 8 heteroatoms. The molecule has 99 heavy (non-hydrogen) atoms. The summed E-state index contributed by atoms with van der Waals surface area (Å²) in [6, 6.07) is 12.0. The van der Waals surface area contributed by atoms with Crippen LogP contribution in [-0.2, 0) is 0 Å². The van der Waals surface area contributed by atoms with Gasteiger partial charge in [-0.2, -0.15) is 0 Å². The maximum absolute atomic E-state index is 2.99. The van der Waals surface area contributed by atoms with Gasteiger partial charge in [-0.15, -0.1) is 0 Å². The van der Waals surface area contributed by atoms with Crippen molar-refractivity contribution in [3.8, 4) is 0 Å². The number of anilines is 1.